The smallest absolute Gasteiger partial charge is 0.361 e. The molecule has 3 rings (SSSR count). The van der Waals surface area contributed by atoms with Crippen LogP contribution in [0.2, 0.25) is 0 Å². The average Bonchev–Trinajstić information content (AvgIpc) is 2.72. The van der Waals surface area contributed by atoms with Gasteiger partial charge in [-0.15, -0.1) is 0 Å². The standard InChI is InChI=1S/C13H21N5O2/c1-16-8-14-12(18(19)20)13(16)15-9-6-10-4-3-5-11(7-9)17(10)2/h8-11,15H,3-7H2,1-2H3. The molecule has 2 fully saturated rings. The highest BCUT2D eigenvalue weighted by Crippen LogP contribution is 2.34. The highest BCUT2D eigenvalue weighted by Gasteiger charge is 2.37. The molecule has 7 nitrogen and oxygen atoms in total. The fraction of sp³-hybridized carbons (Fsp3) is 0.769. The molecule has 0 aromatic carbocycles. The third-order valence-corrected chi connectivity index (χ3v) is 4.77. The van der Waals surface area contributed by atoms with Crippen LogP contribution in [0.4, 0.5) is 11.6 Å². The summed E-state index contributed by atoms with van der Waals surface area (Å²) in [6.07, 6.45) is 7.37. The van der Waals surface area contributed by atoms with Crippen LogP contribution in [0.25, 0.3) is 0 Å². The minimum Gasteiger partial charge on any atom is -0.361 e. The van der Waals surface area contributed by atoms with Gasteiger partial charge in [0.15, 0.2) is 0 Å². The molecule has 0 spiro atoms. The first-order valence-electron chi connectivity index (χ1n) is 7.20. The third kappa shape index (κ3) is 2.26. The number of rotatable bonds is 3. The molecule has 20 heavy (non-hydrogen) atoms. The van der Waals surface area contributed by atoms with Crippen molar-refractivity contribution >= 4 is 11.6 Å². The van der Waals surface area contributed by atoms with Crippen molar-refractivity contribution in [2.24, 2.45) is 7.05 Å². The van der Waals surface area contributed by atoms with Crippen molar-refractivity contribution < 1.29 is 4.92 Å². The van der Waals surface area contributed by atoms with E-state index >= 15 is 0 Å². The molecule has 0 amide bonds. The number of hydrogen-bond acceptors (Lipinski definition) is 5. The van der Waals surface area contributed by atoms with Crippen LogP contribution in [-0.2, 0) is 7.05 Å². The van der Waals surface area contributed by atoms with Gasteiger partial charge < -0.3 is 20.3 Å². The van der Waals surface area contributed by atoms with Gasteiger partial charge in [0.05, 0.1) is 0 Å². The summed E-state index contributed by atoms with van der Waals surface area (Å²) < 4.78 is 1.70. The van der Waals surface area contributed by atoms with Gasteiger partial charge in [-0.05, 0) is 42.6 Å². The van der Waals surface area contributed by atoms with Gasteiger partial charge in [-0.25, -0.2) is 0 Å². The second kappa shape index (κ2) is 5.05. The van der Waals surface area contributed by atoms with Crippen LogP contribution in [-0.4, -0.2) is 44.5 Å². The van der Waals surface area contributed by atoms with Gasteiger partial charge in [0.25, 0.3) is 0 Å². The largest absolute Gasteiger partial charge is 0.406 e. The first-order chi connectivity index (χ1) is 9.56. The molecule has 0 aliphatic carbocycles. The summed E-state index contributed by atoms with van der Waals surface area (Å²) >= 11 is 0. The average molecular weight is 279 g/mol. The van der Waals surface area contributed by atoms with Crippen LogP contribution in [0.1, 0.15) is 32.1 Å². The molecule has 2 aliphatic heterocycles. The Morgan fingerprint density at radius 1 is 1.35 bits per heavy atom. The van der Waals surface area contributed by atoms with Crippen LogP contribution < -0.4 is 5.32 Å². The Morgan fingerprint density at radius 3 is 2.60 bits per heavy atom. The SMILES string of the molecule is CN1C2CCCC1CC(Nc1c([N+](=O)[O-])ncn1C)C2. The van der Waals surface area contributed by atoms with Gasteiger partial charge >= 0.3 is 5.82 Å². The lowest BCUT2D eigenvalue weighted by Crippen LogP contribution is -2.52. The van der Waals surface area contributed by atoms with Crippen LogP contribution in [0.5, 0.6) is 0 Å². The molecule has 0 radical (unpaired) electrons. The van der Waals surface area contributed by atoms with Crippen LogP contribution in [0, 0.1) is 10.1 Å². The van der Waals surface area contributed by atoms with E-state index in [1.165, 1.54) is 25.6 Å². The Balaban J connectivity index is 1.76. The summed E-state index contributed by atoms with van der Waals surface area (Å²) in [7, 11) is 4.00. The zero-order valence-corrected chi connectivity index (χ0v) is 12.0. The quantitative estimate of drug-likeness (QED) is 0.674. The van der Waals surface area contributed by atoms with Crippen LogP contribution in [0.15, 0.2) is 6.33 Å². The summed E-state index contributed by atoms with van der Waals surface area (Å²) in [6.45, 7) is 0. The van der Waals surface area contributed by atoms with Crippen LogP contribution >= 0.6 is 0 Å². The Morgan fingerprint density at radius 2 is 2.00 bits per heavy atom. The van der Waals surface area contributed by atoms with Gasteiger partial charge in [-0.3, -0.25) is 4.57 Å². The number of aromatic nitrogens is 2. The molecule has 2 unspecified atom stereocenters. The molecule has 0 saturated carbocycles. The number of fused-ring (bicyclic) bond motifs is 2. The second-order valence-electron chi connectivity index (χ2n) is 6.00. The van der Waals surface area contributed by atoms with Crippen LogP contribution in [0.3, 0.4) is 0 Å². The summed E-state index contributed by atoms with van der Waals surface area (Å²) in [6, 6.07) is 1.51. The van der Waals surface area contributed by atoms with E-state index in [9.17, 15) is 10.1 Å². The normalized spacial score (nSPS) is 30.2. The molecule has 1 N–H and O–H groups in total. The summed E-state index contributed by atoms with van der Waals surface area (Å²) in [5.74, 6) is 0.458. The number of nitrogens with zero attached hydrogens (tertiary/aromatic N) is 4. The Labute approximate surface area is 118 Å². The monoisotopic (exact) mass is 279 g/mol. The maximum atomic E-state index is 11.0. The van der Waals surface area contributed by atoms with Crippen molar-refractivity contribution in [2.75, 3.05) is 12.4 Å². The number of hydrogen-bond donors (Lipinski definition) is 1. The molecule has 2 saturated heterocycles. The van der Waals surface area contributed by atoms with Crippen molar-refractivity contribution in [3.05, 3.63) is 16.4 Å². The van der Waals surface area contributed by atoms with E-state index in [1.54, 1.807) is 11.6 Å². The van der Waals surface area contributed by atoms with Gasteiger partial charge in [-0.2, -0.15) is 0 Å². The fourth-order valence-electron chi connectivity index (χ4n) is 3.64. The third-order valence-electron chi connectivity index (χ3n) is 4.77. The molecular weight excluding hydrogens is 258 g/mol. The van der Waals surface area contributed by atoms with Crippen molar-refractivity contribution in [3.8, 4) is 0 Å². The number of aryl methyl sites for hydroxylation is 1. The topological polar surface area (TPSA) is 76.2 Å². The number of piperidine rings is 2. The summed E-state index contributed by atoms with van der Waals surface area (Å²) in [5, 5.41) is 14.4. The van der Waals surface area contributed by atoms with Crippen molar-refractivity contribution in [1.29, 1.82) is 0 Å². The lowest BCUT2D eigenvalue weighted by atomic mass is 9.82. The lowest BCUT2D eigenvalue weighted by Gasteiger charge is -2.47. The number of anilines is 1. The molecule has 110 valence electrons. The molecule has 3 heterocycles. The second-order valence-corrected chi connectivity index (χ2v) is 6.00. The van der Waals surface area contributed by atoms with Gasteiger partial charge in [0.2, 0.25) is 12.1 Å². The van der Waals surface area contributed by atoms with E-state index in [-0.39, 0.29) is 5.82 Å². The molecule has 2 bridgehead atoms. The van der Waals surface area contributed by atoms with E-state index in [0.717, 1.165) is 12.8 Å². The Hall–Kier alpha value is -1.63. The van der Waals surface area contributed by atoms with Crippen molar-refractivity contribution in [3.63, 3.8) is 0 Å². The van der Waals surface area contributed by atoms with E-state index in [1.807, 2.05) is 0 Å². The maximum Gasteiger partial charge on any atom is 0.406 e. The summed E-state index contributed by atoms with van der Waals surface area (Å²) in [4.78, 5) is 16.9. The highest BCUT2D eigenvalue weighted by molar-refractivity contribution is 5.52. The number of imidazole rings is 1. The van der Waals surface area contributed by atoms with Crippen molar-refractivity contribution in [1.82, 2.24) is 14.5 Å². The minimum absolute atomic E-state index is 0.0726. The van der Waals surface area contributed by atoms with E-state index in [2.05, 4.69) is 22.2 Å². The predicted molar refractivity (Wildman–Crippen MR) is 75.7 cm³/mol. The molecule has 1 aromatic rings. The van der Waals surface area contributed by atoms with E-state index in [4.69, 9.17) is 0 Å². The van der Waals surface area contributed by atoms with Crippen molar-refractivity contribution in [2.45, 2.75) is 50.2 Å². The highest BCUT2D eigenvalue weighted by atomic mass is 16.6. The van der Waals surface area contributed by atoms with E-state index < -0.39 is 4.92 Å². The zero-order valence-electron chi connectivity index (χ0n) is 12.0. The Bertz CT molecular complexity index is 501. The maximum absolute atomic E-state index is 11.0. The molecular formula is C13H21N5O2. The number of nitro groups is 1. The Kier molecular flexibility index (Phi) is 3.37. The molecule has 2 atom stereocenters. The van der Waals surface area contributed by atoms with E-state index in [0.29, 0.717) is 23.9 Å². The fourth-order valence-corrected chi connectivity index (χ4v) is 3.64. The molecule has 1 aromatic heterocycles. The van der Waals surface area contributed by atoms with Gasteiger partial charge in [-0.1, -0.05) is 6.42 Å². The predicted octanol–water partition coefficient (Wildman–Crippen LogP) is 1.76. The number of nitrogens with one attached hydrogen (secondary N) is 1. The zero-order chi connectivity index (χ0) is 14.3. The molecule has 2 aliphatic rings. The summed E-state index contributed by atoms with van der Waals surface area (Å²) in [5.41, 5.74) is 0. The van der Waals surface area contributed by atoms with Gasteiger partial charge in [0.1, 0.15) is 0 Å². The molecule has 7 heteroatoms. The van der Waals surface area contributed by atoms with Gasteiger partial charge in [0, 0.05) is 25.2 Å². The lowest BCUT2D eigenvalue weighted by molar-refractivity contribution is -0.388. The minimum atomic E-state index is -0.419. The first-order valence-corrected chi connectivity index (χ1v) is 7.20. The first kappa shape index (κ1) is 13.4.